The highest BCUT2D eigenvalue weighted by molar-refractivity contribution is 6.26. The summed E-state index contributed by atoms with van der Waals surface area (Å²) in [7, 11) is 1.39. The zero-order chi connectivity index (χ0) is 30.0. The quantitative estimate of drug-likeness (QED) is 0.439. The fraction of sp³-hybridized carbons (Fsp3) is 0.353. The third kappa shape index (κ3) is 4.24. The van der Waals surface area contributed by atoms with Crippen LogP contribution in [0.25, 0.3) is 12.2 Å². The predicted molar refractivity (Wildman–Crippen MR) is 166 cm³/mol. The number of hydrogen-bond donors (Lipinski definition) is 3. The summed E-state index contributed by atoms with van der Waals surface area (Å²) >= 11 is 0. The first-order valence-corrected chi connectivity index (χ1v) is 14.5. The average Bonchev–Trinajstić information content (AvgIpc) is 3.70. The molecule has 1 aromatic rings. The second-order valence-electron chi connectivity index (χ2n) is 11.4. The average molecular weight is 565 g/mol. The molecular formula is C34H36N4O4. The Hall–Kier alpha value is -4.30. The van der Waals surface area contributed by atoms with Crippen LogP contribution in [0.1, 0.15) is 77.5 Å². The number of fused-ring (bicyclic) bond motifs is 5. The summed E-state index contributed by atoms with van der Waals surface area (Å²) in [5, 5.41) is 23.6. The molecule has 0 saturated heterocycles. The van der Waals surface area contributed by atoms with Gasteiger partial charge in [-0.15, -0.1) is 0 Å². The molecule has 3 N–H and O–H groups in total. The van der Waals surface area contributed by atoms with Crippen LogP contribution in [0.4, 0.5) is 0 Å². The van der Waals surface area contributed by atoms with E-state index in [2.05, 4.69) is 18.8 Å². The fourth-order valence-electron chi connectivity index (χ4n) is 6.63. The second kappa shape index (κ2) is 10.2. The van der Waals surface area contributed by atoms with Crippen molar-refractivity contribution in [3.8, 4) is 0 Å². The zero-order valence-corrected chi connectivity index (χ0v) is 25.2. The number of ether oxygens (including phenoxy) is 1. The molecule has 6 rings (SSSR count). The Morgan fingerprint density at radius 1 is 1.00 bits per heavy atom. The maximum Gasteiger partial charge on any atom is 0.305 e. The lowest BCUT2D eigenvalue weighted by atomic mass is 9.96. The Bertz CT molecular complexity index is 1890. The van der Waals surface area contributed by atoms with Crippen LogP contribution in [0.2, 0.25) is 0 Å². The molecule has 1 aromatic heterocycles. The molecule has 0 fully saturated rings. The van der Waals surface area contributed by atoms with Gasteiger partial charge >= 0.3 is 5.97 Å². The van der Waals surface area contributed by atoms with E-state index in [-0.39, 0.29) is 18.1 Å². The van der Waals surface area contributed by atoms with Crippen molar-refractivity contribution in [2.45, 2.75) is 73.3 Å². The Balaban J connectivity index is 1.68. The van der Waals surface area contributed by atoms with E-state index >= 15 is 0 Å². The standard InChI is InChI=1S/C34H36N4O4/c1-8-20-15(2)23-14-28-31(19(6)39)17(4)25(36-28)12-24-16(3)21(9-10-30(41)42-7)33(37-24)22-11-29(40)32-18(5)26(38-34(22)32)13-27(20)35-23/h12-14,19,36,39-40H,8-11H2,1-7H3/t19-/m0/s1. The molecule has 1 atom stereocenters. The van der Waals surface area contributed by atoms with Crippen molar-refractivity contribution in [2.75, 3.05) is 7.11 Å². The van der Waals surface area contributed by atoms with E-state index < -0.39 is 6.10 Å². The van der Waals surface area contributed by atoms with Crippen molar-refractivity contribution >= 4 is 35.3 Å². The first-order valence-electron chi connectivity index (χ1n) is 14.5. The van der Waals surface area contributed by atoms with Gasteiger partial charge in [0.05, 0.1) is 47.4 Å². The number of aliphatic imine (C=N–C) groups is 3. The molecule has 5 aliphatic rings. The number of aromatic nitrogens is 1. The fourth-order valence-corrected chi connectivity index (χ4v) is 6.63. The van der Waals surface area contributed by atoms with Crippen molar-refractivity contribution in [3.63, 3.8) is 0 Å². The van der Waals surface area contributed by atoms with Gasteiger partial charge in [-0.1, -0.05) is 6.92 Å². The number of rotatable bonds is 5. The largest absolute Gasteiger partial charge is 0.511 e. The molecule has 1 aliphatic carbocycles. The number of hydrogen-bond acceptors (Lipinski definition) is 7. The molecule has 42 heavy (non-hydrogen) atoms. The van der Waals surface area contributed by atoms with Gasteiger partial charge in [0.2, 0.25) is 0 Å². The van der Waals surface area contributed by atoms with Crippen molar-refractivity contribution < 1.29 is 19.7 Å². The van der Waals surface area contributed by atoms with Crippen LogP contribution < -0.4 is 10.7 Å². The van der Waals surface area contributed by atoms with Gasteiger partial charge in [-0.3, -0.25) is 4.79 Å². The van der Waals surface area contributed by atoms with Gasteiger partial charge in [-0.25, -0.2) is 15.0 Å². The number of carbonyl (C=O) groups excluding carboxylic acids is 1. The third-order valence-electron chi connectivity index (χ3n) is 8.96. The number of methoxy groups -OCH3 is 1. The zero-order valence-electron chi connectivity index (χ0n) is 25.2. The van der Waals surface area contributed by atoms with Gasteiger partial charge in [0.25, 0.3) is 0 Å². The summed E-state index contributed by atoms with van der Waals surface area (Å²) in [5.41, 5.74) is 13.1. The van der Waals surface area contributed by atoms with Gasteiger partial charge in [-0.2, -0.15) is 0 Å². The van der Waals surface area contributed by atoms with Crippen LogP contribution in [0, 0.1) is 6.92 Å². The van der Waals surface area contributed by atoms with Gasteiger partial charge < -0.3 is 19.9 Å². The van der Waals surface area contributed by atoms with E-state index in [1.54, 1.807) is 6.92 Å². The predicted octanol–water partition coefficient (Wildman–Crippen LogP) is 4.94. The van der Waals surface area contributed by atoms with Crippen LogP contribution in [-0.4, -0.2) is 45.4 Å². The maximum absolute atomic E-state index is 12.2. The summed E-state index contributed by atoms with van der Waals surface area (Å²) in [6, 6.07) is 0. The summed E-state index contributed by atoms with van der Waals surface area (Å²) in [6.45, 7) is 12.0. The molecule has 8 bridgehead atoms. The number of H-pyrrole nitrogens is 1. The van der Waals surface area contributed by atoms with Crippen LogP contribution in [0.15, 0.2) is 82.9 Å². The third-order valence-corrected chi connectivity index (χ3v) is 8.96. The molecule has 0 unspecified atom stereocenters. The summed E-state index contributed by atoms with van der Waals surface area (Å²) in [5.74, 6) is -0.0137. The molecule has 8 nitrogen and oxygen atoms in total. The highest BCUT2D eigenvalue weighted by Crippen LogP contribution is 2.44. The summed E-state index contributed by atoms with van der Waals surface area (Å²) < 4.78 is 4.94. The molecule has 0 radical (unpaired) electrons. The monoisotopic (exact) mass is 564 g/mol. The number of aliphatic hydroxyl groups is 2. The molecule has 4 aliphatic heterocycles. The minimum absolute atomic E-state index is 0.217. The molecule has 0 spiro atoms. The Labute approximate surface area is 245 Å². The van der Waals surface area contributed by atoms with E-state index in [9.17, 15) is 15.0 Å². The highest BCUT2D eigenvalue weighted by Gasteiger charge is 2.37. The lowest BCUT2D eigenvalue weighted by molar-refractivity contribution is -0.140. The van der Waals surface area contributed by atoms with Crippen LogP contribution in [0.5, 0.6) is 0 Å². The number of esters is 1. The summed E-state index contributed by atoms with van der Waals surface area (Å²) in [4.78, 5) is 30.9. The highest BCUT2D eigenvalue weighted by atomic mass is 16.5. The van der Waals surface area contributed by atoms with Crippen LogP contribution in [0.3, 0.4) is 0 Å². The topological polar surface area (TPSA) is 120 Å². The molecule has 0 aromatic carbocycles. The minimum atomic E-state index is -0.691. The molecule has 0 saturated carbocycles. The molecule has 8 heteroatoms. The van der Waals surface area contributed by atoms with Gasteiger partial charge in [-0.05, 0) is 99.1 Å². The first kappa shape index (κ1) is 27.8. The number of carbonyl (C=O) groups is 1. The van der Waals surface area contributed by atoms with Crippen molar-refractivity contribution in [3.05, 3.63) is 89.8 Å². The number of aromatic amines is 1. The van der Waals surface area contributed by atoms with Gasteiger partial charge in [0.1, 0.15) is 5.76 Å². The number of allylic oxidation sites excluding steroid dienone is 8. The van der Waals surface area contributed by atoms with Gasteiger partial charge in [0, 0.05) is 40.2 Å². The van der Waals surface area contributed by atoms with Crippen LogP contribution >= 0.6 is 0 Å². The van der Waals surface area contributed by atoms with E-state index in [4.69, 9.17) is 19.7 Å². The Kier molecular flexibility index (Phi) is 6.77. The second-order valence-corrected chi connectivity index (χ2v) is 11.4. The van der Waals surface area contributed by atoms with Crippen molar-refractivity contribution in [1.82, 2.24) is 4.98 Å². The first-order chi connectivity index (χ1) is 20.0. The normalized spacial score (nSPS) is 20.2. The molecule has 216 valence electrons. The number of nitrogens with one attached hydrogen (secondary N) is 1. The number of nitrogens with zero attached hydrogens (tertiary/aromatic N) is 3. The smallest absolute Gasteiger partial charge is 0.305 e. The number of aliphatic hydroxyl groups excluding tert-OH is 2. The van der Waals surface area contributed by atoms with Gasteiger partial charge in [0.15, 0.2) is 0 Å². The van der Waals surface area contributed by atoms with E-state index in [0.717, 1.165) is 101 Å². The molecular weight excluding hydrogens is 528 g/mol. The Morgan fingerprint density at radius 3 is 2.38 bits per heavy atom. The van der Waals surface area contributed by atoms with E-state index in [1.165, 1.54) is 7.11 Å². The lowest BCUT2D eigenvalue weighted by Gasteiger charge is -2.09. The lowest BCUT2D eigenvalue weighted by Crippen LogP contribution is -2.16. The van der Waals surface area contributed by atoms with E-state index in [0.29, 0.717) is 12.8 Å². The molecule has 5 heterocycles. The summed E-state index contributed by atoms with van der Waals surface area (Å²) in [6.07, 6.45) is 7.13. The Morgan fingerprint density at radius 2 is 1.69 bits per heavy atom. The minimum Gasteiger partial charge on any atom is -0.511 e. The maximum atomic E-state index is 12.2. The van der Waals surface area contributed by atoms with Crippen molar-refractivity contribution in [2.24, 2.45) is 15.0 Å². The SMILES string of the molecule is CCC1=C(C)C2=NC1=CC1=C(C)C3=C(O)CC(=C4N=C(C=c5[nH]c(c([C@H](C)O)c5C)=C2)C(C)=C4CCC(=O)OC)C3=N1. The molecule has 0 amide bonds. The van der Waals surface area contributed by atoms with E-state index in [1.807, 2.05) is 39.0 Å². The van der Waals surface area contributed by atoms with Crippen molar-refractivity contribution in [1.29, 1.82) is 0 Å². The van der Waals surface area contributed by atoms with Crippen LogP contribution in [-0.2, 0) is 9.53 Å².